The van der Waals surface area contributed by atoms with E-state index in [1.54, 1.807) is 0 Å². The fourth-order valence-corrected chi connectivity index (χ4v) is 3.88. The molecule has 132 valence electrons. The van der Waals surface area contributed by atoms with Gasteiger partial charge in [0.15, 0.2) is 0 Å². The largest absolute Gasteiger partial charge is 0.444 e. The molecule has 2 atom stereocenters. The number of carbonyl (C=O) groups excluding carboxylic acids is 1. The van der Waals surface area contributed by atoms with E-state index in [0.717, 1.165) is 19.6 Å². The molecule has 3 rings (SSSR count). The number of hydrogen-bond donors (Lipinski definition) is 1. The highest BCUT2D eigenvalue weighted by molar-refractivity contribution is 5.68. The Balaban J connectivity index is 1.66. The van der Waals surface area contributed by atoms with Gasteiger partial charge in [0.1, 0.15) is 5.60 Å². The van der Waals surface area contributed by atoms with Crippen molar-refractivity contribution in [1.82, 2.24) is 10.2 Å². The van der Waals surface area contributed by atoms with Gasteiger partial charge in [-0.15, -0.1) is 0 Å². The Morgan fingerprint density at radius 3 is 2.54 bits per heavy atom. The predicted octanol–water partition coefficient (Wildman–Crippen LogP) is 3.81. The van der Waals surface area contributed by atoms with E-state index >= 15 is 0 Å². The summed E-state index contributed by atoms with van der Waals surface area (Å²) in [6.07, 6.45) is 2.24. The zero-order valence-electron chi connectivity index (χ0n) is 15.3. The monoisotopic (exact) mass is 330 g/mol. The van der Waals surface area contributed by atoms with Gasteiger partial charge in [0.2, 0.25) is 0 Å². The molecular weight excluding hydrogens is 300 g/mol. The van der Waals surface area contributed by atoms with Crippen molar-refractivity contribution < 1.29 is 9.53 Å². The van der Waals surface area contributed by atoms with Gasteiger partial charge in [-0.3, -0.25) is 4.90 Å². The van der Waals surface area contributed by atoms with Crippen LogP contribution in [-0.2, 0) is 11.3 Å². The number of piperidine rings is 1. The lowest BCUT2D eigenvalue weighted by Gasteiger charge is -2.43. The molecule has 1 aromatic rings. The van der Waals surface area contributed by atoms with Gasteiger partial charge >= 0.3 is 6.09 Å². The lowest BCUT2D eigenvalue weighted by molar-refractivity contribution is 0.0320. The van der Waals surface area contributed by atoms with Crippen molar-refractivity contribution in [3.63, 3.8) is 0 Å². The highest BCUT2D eigenvalue weighted by Crippen LogP contribution is 2.55. The van der Waals surface area contributed by atoms with Crippen molar-refractivity contribution >= 4 is 6.09 Å². The minimum absolute atomic E-state index is 0.153. The number of alkyl carbamates (subject to hydrolysis) is 1. The summed E-state index contributed by atoms with van der Waals surface area (Å²) in [6.45, 7) is 11.0. The van der Waals surface area contributed by atoms with Gasteiger partial charge in [-0.1, -0.05) is 37.3 Å². The highest BCUT2D eigenvalue weighted by Gasteiger charge is 2.54. The average molecular weight is 330 g/mol. The van der Waals surface area contributed by atoms with E-state index in [-0.39, 0.29) is 12.1 Å². The van der Waals surface area contributed by atoms with Crippen molar-refractivity contribution in [2.24, 2.45) is 11.3 Å². The minimum atomic E-state index is -0.455. The van der Waals surface area contributed by atoms with Crippen LogP contribution in [0.2, 0.25) is 0 Å². The molecule has 1 aromatic carbocycles. The van der Waals surface area contributed by atoms with Crippen LogP contribution in [0.15, 0.2) is 30.3 Å². The van der Waals surface area contributed by atoms with E-state index in [2.05, 4.69) is 47.5 Å². The van der Waals surface area contributed by atoms with Crippen molar-refractivity contribution in [2.75, 3.05) is 13.1 Å². The first-order valence-corrected chi connectivity index (χ1v) is 9.03. The van der Waals surface area contributed by atoms with Crippen LogP contribution in [0.5, 0.6) is 0 Å². The third-order valence-electron chi connectivity index (χ3n) is 5.41. The van der Waals surface area contributed by atoms with Gasteiger partial charge in [-0.2, -0.15) is 0 Å². The average Bonchev–Trinajstić information content (AvgIpc) is 3.24. The zero-order chi connectivity index (χ0) is 17.4. The summed E-state index contributed by atoms with van der Waals surface area (Å²) in [7, 11) is 0. The molecule has 0 radical (unpaired) electrons. The standard InChI is InChI=1S/C20H30N2O2/c1-15-17(21-18(23)24-19(2,3)4)13-22(14-20(15)10-11-20)12-16-8-6-5-7-9-16/h5-9,15,17H,10-14H2,1-4H3,(H,21,23)/t15-,17?/m0/s1. The van der Waals surface area contributed by atoms with Crippen LogP contribution < -0.4 is 5.32 Å². The molecule has 4 heteroatoms. The fraction of sp³-hybridized carbons (Fsp3) is 0.650. The first kappa shape index (κ1) is 17.3. The van der Waals surface area contributed by atoms with E-state index in [1.807, 2.05) is 20.8 Å². The number of rotatable bonds is 3. The molecule has 2 aliphatic rings. The Labute approximate surface area is 145 Å². The van der Waals surface area contributed by atoms with Crippen molar-refractivity contribution in [3.8, 4) is 0 Å². The van der Waals surface area contributed by atoms with Crippen LogP contribution in [-0.4, -0.2) is 35.7 Å². The molecule has 1 aliphatic heterocycles. The molecule has 0 bridgehead atoms. The third kappa shape index (κ3) is 4.10. The highest BCUT2D eigenvalue weighted by atomic mass is 16.6. The fourth-order valence-electron chi connectivity index (χ4n) is 3.88. The Morgan fingerprint density at radius 1 is 1.29 bits per heavy atom. The summed E-state index contributed by atoms with van der Waals surface area (Å²) >= 11 is 0. The van der Waals surface area contributed by atoms with Gasteiger partial charge < -0.3 is 10.1 Å². The second-order valence-corrected chi connectivity index (χ2v) is 8.56. The van der Waals surface area contributed by atoms with E-state index in [4.69, 9.17) is 4.74 Å². The topological polar surface area (TPSA) is 41.6 Å². The van der Waals surface area contributed by atoms with E-state index in [0.29, 0.717) is 11.3 Å². The van der Waals surface area contributed by atoms with Gasteiger partial charge in [0, 0.05) is 25.7 Å². The molecular formula is C20H30N2O2. The molecule has 2 fully saturated rings. The summed E-state index contributed by atoms with van der Waals surface area (Å²) in [4.78, 5) is 14.7. The normalized spacial score (nSPS) is 26.2. The lowest BCUT2D eigenvalue weighted by Crippen LogP contribution is -2.56. The molecule has 1 N–H and O–H groups in total. The summed E-state index contributed by atoms with van der Waals surface area (Å²) < 4.78 is 5.46. The number of nitrogens with zero attached hydrogens (tertiary/aromatic N) is 1. The smallest absolute Gasteiger partial charge is 0.407 e. The second kappa shape index (κ2) is 6.40. The first-order chi connectivity index (χ1) is 11.3. The Kier molecular flexibility index (Phi) is 4.60. The number of nitrogens with one attached hydrogen (secondary N) is 1. The SMILES string of the molecule is C[C@H]1C(NC(=O)OC(C)(C)C)CN(Cc2ccccc2)CC12CC2. The molecule has 1 saturated carbocycles. The summed E-state index contributed by atoms with van der Waals surface area (Å²) in [5.41, 5.74) is 1.26. The van der Waals surface area contributed by atoms with Crippen LogP contribution in [0.1, 0.15) is 46.1 Å². The quantitative estimate of drug-likeness (QED) is 0.916. The molecule has 4 nitrogen and oxygen atoms in total. The van der Waals surface area contributed by atoms with E-state index in [9.17, 15) is 4.79 Å². The second-order valence-electron chi connectivity index (χ2n) is 8.56. The van der Waals surface area contributed by atoms with Gasteiger partial charge in [-0.25, -0.2) is 4.79 Å². The Hall–Kier alpha value is -1.55. The van der Waals surface area contributed by atoms with Crippen molar-refractivity contribution in [3.05, 3.63) is 35.9 Å². The molecule has 0 aromatic heterocycles. The van der Waals surface area contributed by atoms with Gasteiger partial charge in [-0.05, 0) is 50.5 Å². The maximum absolute atomic E-state index is 12.2. The predicted molar refractivity (Wildman–Crippen MR) is 95.7 cm³/mol. The number of hydrogen-bond acceptors (Lipinski definition) is 3. The van der Waals surface area contributed by atoms with Crippen LogP contribution >= 0.6 is 0 Å². The summed E-state index contributed by atoms with van der Waals surface area (Å²) in [5, 5.41) is 3.13. The molecule has 1 saturated heterocycles. The molecule has 1 spiro atoms. The van der Waals surface area contributed by atoms with Crippen LogP contribution in [0.25, 0.3) is 0 Å². The van der Waals surface area contributed by atoms with E-state index in [1.165, 1.54) is 18.4 Å². The lowest BCUT2D eigenvalue weighted by atomic mass is 9.80. The molecule has 1 aliphatic carbocycles. The number of ether oxygens (including phenoxy) is 1. The van der Waals surface area contributed by atoms with Gasteiger partial charge in [0.25, 0.3) is 0 Å². The molecule has 24 heavy (non-hydrogen) atoms. The molecule has 1 amide bonds. The zero-order valence-corrected chi connectivity index (χ0v) is 15.3. The number of benzene rings is 1. The maximum atomic E-state index is 12.2. The van der Waals surface area contributed by atoms with Crippen LogP contribution in [0.4, 0.5) is 4.79 Å². The minimum Gasteiger partial charge on any atom is -0.444 e. The Morgan fingerprint density at radius 2 is 1.96 bits per heavy atom. The van der Waals surface area contributed by atoms with Crippen LogP contribution in [0, 0.1) is 11.3 Å². The third-order valence-corrected chi connectivity index (χ3v) is 5.41. The molecule has 1 unspecified atom stereocenters. The van der Waals surface area contributed by atoms with Crippen molar-refractivity contribution in [2.45, 2.75) is 58.7 Å². The van der Waals surface area contributed by atoms with Crippen LogP contribution in [0.3, 0.4) is 0 Å². The number of amides is 1. The van der Waals surface area contributed by atoms with E-state index < -0.39 is 5.60 Å². The molecule has 1 heterocycles. The number of likely N-dealkylation sites (tertiary alicyclic amines) is 1. The maximum Gasteiger partial charge on any atom is 0.407 e. The summed E-state index contributed by atoms with van der Waals surface area (Å²) in [5.74, 6) is 0.497. The first-order valence-electron chi connectivity index (χ1n) is 9.03. The van der Waals surface area contributed by atoms with Gasteiger partial charge in [0.05, 0.1) is 0 Å². The Bertz CT molecular complexity index is 575. The van der Waals surface area contributed by atoms with Crippen molar-refractivity contribution in [1.29, 1.82) is 0 Å². The number of carbonyl (C=O) groups is 1. The summed E-state index contributed by atoms with van der Waals surface area (Å²) in [6, 6.07) is 10.7.